The summed E-state index contributed by atoms with van der Waals surface area (Å²) in [5.74, 6) is 0.718. The van der Waals surface area contributed by atoms with Crippen LogP contribution in [0.25, 0.3) is 16.6 Å². The molecule has 5 aromatic rings. The number of hydrogen-bond acceptors (Lipinski definition) is 5. The van der Waals surface area contributed by atoms with E-state index in [-0.39, 0.29) is 11.1 Å². The number of aromatic amines is 1. The van der Waals surface area contributed by atoms with Crippen molar-refractivity contribution in [1.29, 1.82) is 0 Å². The van der Waals surface area contributed by atoms with Crippen LogP contribution in [0.15, 0.2) is 94.5 Å². The second kappa shape index (κ2) is 11.9. The smallest absolute Gasteiger partial charge is 0.280 e. The van der Waals surface area contributed by atoms with Crippen LogP contribution in [0.1, 0.15) is 36.6 Å². The van der Waals surface area contributed by atoms with Gasteiger partial charge in [0.1, 0.15) is 12.4 Å². The molecule has 0 bridgehead atoms. The van der Waals surface area contributed by atoms with Crippen LogP contribution in [-0.4, -0.2) is 38.9 Å². The van der Waals surface area contributed by atoms with E-state index in [0.717, 1.165) is 60.7 Å². The molecule has 2 N–H and O–H groups in total. The van der Waals surface area contributed by atoms with Gasteiger partial charge < -0.3 is 14.6 Å². The molecule has 41 heavy (non-hydrogen) atoms. The highest BCUT2D eigenvalue weighted by molar-refractivity contribution is 5.81. The van der Waals surface area contributed by atoms with Crippen LogP contribution >= 0.6 is 0 Å². The third-order valence-electron chi connectivity index (χ3n) is 7.63. The van der Waals surface area contributed by atoms with Gasteiger partial charge >= 0.3 is 0 Å². The van der Waals surface area contributed by atoms with Crippen molar-refractivity contribution < 1.29 is 4.74 Å². The summed E-state index contributed by atoms with van der Waals surface area (Å²) < 4.78 is 9.22. The molecule has 0 amide bonds. The van der Waals surface area contributed by atoms with Gasteiger partial charge in [-0.25, -0.2) is 4.68 Å². The first-order chi connectivity index (χ1) is 20.1. The standard InChI is InChI=1S/C33H35N5O3/c1-2-34-26-12-8-11-25(19-26)21-37-30(22-36-17-6-7-18-36)32-29(20-31(37)39)35-38(33(32)40)27-13-15-28(16-14-27)41-23-24-9-4-3-5-10-24/h3-5,8-16,19-20,34-35H,2,6-7,17-18,21-23H2,1H3. The predicted octanol–water partition coefficient (Wildman–Crippen LogP) is 5.14. The first-order valence-electron chi connectivity index (χ1n) is 14.3. The van der Waals surface area contributed by atoms with Gasteiger partial charge in [0, 0.05) is 24.8 Å². The summed E-state index contributed by atoms with van der Waals surface area (Å²) in [6.07, 6.45) is 2.25. The Labute approximate surface area is 238 Å². The number of H-pyrrole nitrogens is 1. The summed E-state index contributed by atoms with van der Waals surface area (Å²) in [6, 6.07) is 27.1. The molecule has 0 aliphatic carbocycles. The van der Waals surface area contributed by atoms with E-state index in [2.05, 4.69) is 28.3 Å². The topological polar surface area (TPSA) is 84.3 Å². The number of likely N-dealkylation sites (tertiary alicyclic amines) is 1. The zero-order valence-electron chi connectivity index (χ0n) is 23.3. The van der Waals surface area contributed by atoms with E-state index in [1.54, 1.807) is 10.6 Å². The first kappa shape index (κ1) is 26.7. The number of nitrogens with zero attached hydrogens (tertiary/aromatic N) is 3. The number of nitrogens with one attached hydrogen (secondary N) is 2. The molecule has 0 saturated carbocycles. The summed E-state index contributed by atoms with van der Waals surface area (Å²) in [4.78, 5) is 29.8. The molecule has 1 fully saturated rings. The van der Waals surface area contributed by atoms with Crippen LogP contribution < -0.4 is 21.2 Å². The number of rotatable bonds is 10. The Kier molecular flexibility index (Phi) is 7.73. The molecule has 0 spiro atoms. The number of anilines is 1. The number of benzene rings is 3. The number of aromatic nitrogens is 3. The Balaban J connectivity index is 1.36. The van der Waals surface area contributed by atoms with Crippen molar-refractivity contribution in [3.8, 4) is 11.4 Å². The van der Waals surface area contributed by atoms with Gasteiger partial charge in [-0.15, -0.1) is 0 Å². The summed E-state index contributed by atoms with van der Waals surface area (Å²) >= 11 is 0. The minimum absolute atomic E-state index is 0.126. The maximum atomic E-state index is 13.9. The Morgan fingerprint density at radius 3 is 2.37 bits per heavy atom. The third-order valence-corrected chi connectivity index (χ3v) is 7.63. The molecule has 8 nitrogen and oxygen atoms in total. The number of fused-ring (bicyclic) bond motifs is 1. The average molecular weight is 550 g/mol. The van der Waals surface area contributed by atoms with Crippen molar-refractivity contribution in [3.63, 3.8) is 0 Å². The van der Waals surface area contributed by atoms with Gasteiger partial charge in [-0.1, -0.05) is 42.5 Å². The lowest BCUT2D eigenvalue weighted by Crippen LogP contribution is -2.30. The quantitative estimate of drug-likeness (QED) is 0.252. The molecule has 210 valence electrons. The van der Waals surface area contributed by atoms with Crippen LogP contribution in [0.2, 0.25) is 0 Å². The highest BCUT2D eigenvalue weighted by Gasteiger charge is 2.22. The maximum Gasteiger partial charge on any atom is 0.280 e. The number of hydrogen-bond donors (Lipinski definition) is 2. The summed E-state index contributed by atoms with van der Waals surface area (Å²) in [5, 5.41) is 7.10. The lowest BCUT2D eigenvalue weighted by Gasteiger charge is -2.20. The van der Waals surface area contributed by atoms with E-state index < -0.39 is 0 Å². The molecular formula is C33H35N5O3. The van der Waals surface area contributed by atoms with E-state index >= 15 is 0 Å². The molecule has 1 saturated heterocycles. The normalized spacial score (nSPS) is 13.6. The van der Waals surface area contributed by atoms with Crippen molar-refractivity contribution in [2.24, 2.45) is 0 Å². The predicted molar refractivity (Wildman–Crippen MR) is 163 cm³/mol. The van der Waals surface area contributed by atoms with Gasteiger partial charge in [-0.2, -0.15) is 0 Å². The van der Waals surface area contributed by atoms with Gasteiger partial charge in [0.15, 0.2) is 0 Å². The molecule has 1 aliphatic rings. The fraction of sp³-hybridized carbons (Fsp3) is 0.273. The van der Waals surface area contributed by atoms with Gasteiger partial charge in [0.2, 0.25) is 0 Å². The van der Waals surface area contributed by atoms with Crippen molar-refractivity contribution >= 4 is 16.6 Å². The minimum Gasteiger partial charge on any atom is -0.489 e. The molecule has 3 aromatic carbocycles. The van der Waals surface area contributed by atoms with E-state index in [4.69, 9.17) is 4.74 Å². The fourth-order valence-corrected chi connectivity index (χ4v) is 5.58. The van der Waals surface area contributed by atoms with Crippen LogP contribution in [0.4, 0.5) is 5.69 Å². The zero-order chi connectivity index (χ0) is 28.2. The largest absolute Gasteiger partial charge is 0.489 e. The van der Waals surface area contributed by atoms with Crippen LogP contribution in [-0.2, 0) is 19.7 Å². The minimum atomic E-state index is -0.165. The molecular weight excluding hydrogens is 514 g/mol. The lowest BCUT2D eigenvalue weighted by atomic mass is 10.1. The second-order valence-electron chi connectivity index (χ2n) is 10.5. The van der Waals surface area contributed by atoms with Gasteiger partial charge in [-0.3, -0.25) is 19.6 Å². The Morgan fingerprint density at radius 2 is 1.61 bits per heavy atom. The Hall–Kier alpha value is -4.56. The van der Waals surface area contributed by atoms with Gasteiger partial charge in [0.05, 0.1) is 28.8 Å². The third kappa shape index (κ3) is 5.83. The lowest BCUT2D eigenvalue weighted by molar-refractivity contribution is 0.306. The average Bonchev–Trinajstić information content (AvgIpc) is 3.62. The fourth-order valence-electron chi connectivity index (χ4n) is 5.58. The first-order valence-corrected chi connectivity index (χ1v) is 14.3. The van der Waals surface area contributed by atoms with Crippen LogP contribution in [0.3, 0.4) is 0 Å². The van der Waals surface area contributed by atoms with Gasteiger partial charge in [0.25, 0.3) is 11.1 Å². The van der Waals surface area contributed by atoms with Crippen molar-refractivity contribution in [2.75, 3.05) is 25.0 Å². The van der Waals surface area contributed by atoms with Crippen molar-refractivity contribution in [3.05, 3.63) is 122 Å². The molecule has 1 aliphatic heterocycles. The molecule has 2 aromatic heterocycles. The van der Waals surface area contributed by atoms with E-state index in [0.29, 0.717) is 36.3 Å². The van der Waals surface area contributed by atoms with E-state index in [1.165, 1.54) is 4.68 Å². The van der Waals surface area contributed by atoms with E-state index in [9.17, 15) is 9.59 Å². The number of pyridine rings is 1. The zero-order valence-corrected chi connectivity index (χ0v) is 23.3. The molecule has 0 atom stereocenters. The molecule has 0 radical (unpaired) electrons. The van der Waals surface area contributed by atoms with E-state index in [1.807, 2.05) is 72.8 Å². The summed E-state index contributed by atoms with van der Waals surface area (Å²) in [5.41, 5.74) is 4.81. The van der Waals surface area contributed by atoms with Crippen molar-refractivity contribution in [2.45, 2.75) is 39.5 Å². The molecule has 8 heteroatoms. The van der Waals surface area contributed by atoms with Gasteiger partial charge in [-0.05, 0) is 80.4 Å². The highest BCUT2D eigenvalue weighted by Crippen LogP contribution is 2.22. The summed E-state index contributed by atoms with van der Waals surface area (Å²) in [7, 11) is 0. The maximum absolute atomic E-state index is 13.9. The van der Waals surface area contributed by atoms with Crippen LogP contribution in [0.5, 0.6) is 5.75 Å². The van der Waals surface area contributed by atoms with Crippen molar-refractivity contribution in [1.82, 2.24) is 19.2 Å². The van der Waals surface area contributed by atoms with Crippen LogP contribution in [0, 0.1) is 0 Å². The molecule has 0 unspecified atom stereocenters. The Bertz CT molecular complexity index is 1750. The SMILES string of the molecule is CCNc1cccc(Cn2c(CN3CCCC3)c3c(=O)n(-c4ccc(OCc5ccccc5)cc4)[nH]c3cc2=O)c1. The molecule has 6 rings (SSSR count). The molecule has 3 heterocycles. The number of ether oxygens (including phenoxy) is 1. The monoisotopic (exact) mass is 549 g/mol. The highest BCUT2D eigenvalue weighted by atomic mass is 16.5. The second-order valence-corrected chi connectivity index (χ2v) is 10.5. The summed E-state index contributed by atoms with van der Waals surface area (Å²) in [6.45, 7) is 6.22. The Morgan fingerprint density at radius 1 is 0.854 bits per heavy atom.